The number of fused-ring (bicyclic) bond motifs is 1. The van der Waals surface area contributed by atoms with Crippen LogP contribution < -0.4 is 5.32 Å². The van der Waals surface area contributed by atoms with E-state index >= 15 is 0 Å². The Morgan fingerprint density at radius 2 is 2.05 bits per heavy atom. The molecule has 100 valence electrons. The second kappa shape index (κ2) is 5.17. The van der Waals surface area contributed by atoms with Gasteiger partial charge in [-0.15, -0.1) is 0 Å². The summed E-state index contributed by atoms with van der Waals surface area (Å²) in [7, 11) is 0. The summed E-state index contributed by atoms with van der Waals surface area (Å²) in [5.74, 6) is -0.0000227. The lowest BCUT2D eigenvalue weighted by Gasteiger charge is -2.17. The molecule has 0 fully saturated rings. The number of halogens is 1. The highest BCUT2D eigenvalue weighted by molar-refractivity contribution is 6.35. The molecule has 0 atom stereocenters. The first kappa shape index (κ1) is 13.8. The average molecular weight is 277 g/mol. The molecule has 19 heavy (non-hydrogen) atoms. The van der Waals surface area contributed by atoms with E-state index in [-0.39, 0.29) is 11.3 Å². The number of carbonyl (C=O) groups excluding carboxylic acids is 1. The Labute approximate surface area is 118 Å². The summed E-state index contributed by atoms with van der Waals surface area (Å²) in [5.41, 5.74) is 1.42. The quantitative estimate of drug-likeness (QED) is 0.890. The molecule has 0 spiro atoms. The summed E-state index contributed by atoms with van der Waals surface area (Å²) < 4.78 is 0. The molecule has 2 rings (SSSR count). The van der Waals surface area contributed by atoms with E-state index in [1.54, 1.807) is 12.3 Å². The SMILES string of the molecule is CC(C)(C)CC(=O)Nc1ccc(Cl)c2ncccc12. The minimum atomic E-state index is -0.0371. The maximum Gasteiger partial charge on any atom is 0.224 e. The second-order valence-electron chi connectivity index (χ2n) is 5.78. The van der Waals surface area contributed by atoms with Gasteiger partial charge < -0.3 is 5.32 Å². The molecular weight excluding hydrogens is 260 g/mol. The van der Waals surface area contributed by atoms with Crippen LogP contribution in [-0.2, 0) is 4.79 Å². The fraction of sp³-hybridized carbons (Fsp3) is 0.333. The molecule has 0 aliphatic rings. The van der Waals surface area contributed by atoms with Gasteiger partial charge in [-0.25, -0.2) is 0 Å². The van der Waals surface area contributed by atoms with E-state index in [0.717, 1.165) is 11.1 Å². The standard InChI is InChI=1S/C15H17ClN2O/c1-15(2,3)9-13(19)18-12-7-6-11(16)14-10(12)5-4-8-17-14/h4-8H,9H2,1-3H3,(H,18,19). The molecule has 0 saturated heterocycles. The molecule has 0 unspecified atom stereocenters. The lowest BCUT2D eigenvalue weighted by atomic mass is 9.92. The second-order valence-corrected chi connectivity index (χ2v) is 6.19. The summed E-state index contributed by atoms with van der Waals surface area (Å²) in [6.45, 7) is 6.11. The molecule has 1 N–H and O–H groups in total. The number of hydrogen-bond acceptors (Lipinski definition) is 2. The van der Waals surface area contributed by atoms with Crippen LogP contribution in [0.15, 0.2) is 30.5 Å². The van der Waals surface area contributed by atoms with Gasteiger partial charge in [0.05, 0.1) is 16.2 Å². The molecule has 0 radical (unpaired) electrons. The van der Waals surface area contributed by atoms with E-state index in [1.165, 1.54) is 0 Å². The molecule has 1 amide bonds. The first-order valence-corrected chi connectivity index (χ1v) is 6.58. The molecule has 2 aromatic rings. The number of anilines is 1. The van der Waals surface area contributed by atoms with Crippen LogP contribution >= 0.6 is 11.6 Å². The van der Waals surface area contributed by atoms with Crippen molar-refractivity contribution in [1.82, 2.24) is 4.98 Å². The number of benzene rings is 1. The van der Waals surface area contributed by atoms with Crippen LogP contribution in [0.5, 0.6) is 0 Å². The van der Waals surface area contributed by atoms with Crippen molar-refractivity contribution < 1.29 is 4.79 Å². The van der Waals surface area contributed by atoms with Gasteiger partial charge in [-0.3, -0.25) is 9.78 Å². The highest BCUT2D eigenvalue weighted by atomic mass is 35.5. The topological polar surface area (TPSA) is 42.0 Å². The zero-order valence-corrected chi connectivity index (χ0v) is 12.1. The molecule has 0 aliphatic carbocycles. The lowest BCUT2D eigenvalue weighted by molar-refractivity contribution is -0.117. The van der Waals surface area contributed by atoms with E-state index in [4.69, 9.17) is 11.6 Å². The monoisotopic (exact) mass is 276 g/mol. The van der Waals surface area contributed by atoms with Crippen LogP contribution in [0.25, 0.3) is 10.9 Å². The van der Waals surface area contributed by atoms with E-state index in [1.807, 2.05) is 39.0 Å². The largest absolute Gasteiger partial charge is 0.325 e. The predicted molar refractivity (Wildman–Crippen MR) is 79.5 cm³/mol. The molecule has 0 aliphatic heterocycles. The zero-order chi connectivity index (χ0) is 14.0. The smallest absolute Gasteiger partial charge is 0.224 e. The van der Waals surface area contributed by atoms with Gasteiger partial charge in [-0.05, 0) is 29.7 Å². The minimum absolute atomic E-state index is 0.0000227. The maximum atomic E-state index is 12.0. The third-order valence-electron chi connectivity index (χ3n) is 2.69. The molecule has 0 bridgehead atoms. The minimum Gasteiger partial charge on any atom is -0.325 e. The van der Waals surface area contributed by atoms with Crippen LogP contribution in [0.3, 0.4) is 0 Å². The van der Waals surface area contributed by atoms with E-state index < -0.39 is 0 Å². The summed E-state index contributed by atoms with van der Waals surface area (Å²) >= 11 is 6.10. The van der Waals surface area contributed by atoms with Crippen LogP contribution in [0, 0.1) is 5.41 Å². The fourth-order valence-electron chi connectivity index (χ4n) is 1.92. The van der Waals surface area contributed by atoms with Gasteiger partial charge >= 0.3 is 0 Å². The molecular formula is C15H17ClN2O. The first-order chi connectivity index (χ1) is 8.87. The lowest BCUT2D eigenvalue weighted by Crippen LogP contribution is -2.19. The van der Waals surface area contributed by atoms with Crippen molar-refractivity contribution in [3.63, 3.8) is 0 Å². The highest BCUT2D eigenvalue weighted by Crippen LogP contribution is 2.28. The molecule has 4 heteroatoms. The molecule has 1 aromatic heterocycles. The summed E-state index contributed by atoms with van der Waals surface area (Å²) in [6.07, 6.45) is 2.16. The van der Waals surface area contributed by atoms with Crippen molar-refractivity contribution in [2.75, 3.05) is 5.32 Å². The van der Waals surface area contributed by atoms with Crippen molar-refractivity contribution >= 4 is 34.1 Å². The van der Waals surface area contributed by atoms with Gasteiger partial charge in [0.15, 0.2) is 0 Å². The van der Waals surface area contributed by atoms with Crippen molar-refractivity contribution in [3.8, 4) is 0 Å². The van der Waals surface area contributed by atoms with Gasteiger partial charge in [0.1, 0.15) is 0 Å². The Balaban J connectivity index is 2.31. The Morgan fingerprint density at radius 1 is 1.32 bits per heavy atom. The predicted octanol–water partition coefficient (Wildman–Crippen LogP) is 4.26. The zero-order valence-electron chi connectivity index (χ0n) is 11.3. The van der Waals surface area contributed by atoms with Crippen LogP contribution in [0.2, 0.25) is 5.02 Å². The molecule has 0 saturated carbocycles. The van der Waals surface area contributed by atoms with Crippen molar-refractivity contribution in [1.29, 1.82) is 0 Å². The molecule has 1 heterocycles. The number of hydrogen-bond donors (Lipinski definition) is 1. The van der Waals surface area contributed by atoms with Gasteiger partial charge in [0.25, 0.3) is 0 Å². The van der Waals surface area contributed by atoms with Gasteiger partial charge in [-0.2, -0.15) is 0 Å². The summed E-state index contributed by atoms with van der Waals surface area (Å²) in [5, 5.41) is 4.38. The average Bonchev–Trinajstić information content (AvgIpc) is 2.31. The Hall–Kier alpha value is -1.61. The van der Waals surface area contributed by atoms with Gasteiger partial charge in [0, 0.05) is 18.0 Å². The van der Waals surface area contributed by atoms with Crippen molar-refractivity contribution in [2.45, 2.75) is 27.2 Å². The van der Waals surface area contributed by atoms with Crippen molar-refractivity contribution in [3.05, 3.63) is 35.5 Å². The number of nitrogens with one attached hydrogen (secondary N) is 1. The first-order valence-electron chi connectivity index (χ1n) is 6.20. The fourth-order valence-corrected chi connectivity index (χ4v) is 2.14. The maximum absolute atomic E-state index is 12.0. The third-order valence-corrected chi connectivity index (χ3v) is 2.99. The summed E-state index contributed by atoms with van der Waals surface area (Å²) in [6, 6.07) is 7.30. The summed E-state index contributed by atoms with van der Waals surface area (Å²) in [4.78, 5) is 16.2. The van der Waals surface area contributed by atoms with E-state index in [2.05, 4.69) is 10.3 Å². The number of pyridine rings is 1. The van der Waals surface area contributed by atoms with E-state index in [0.29, 0.717) is 17.0 Å². The number of amides is 1. The number of carbonyl (C=O) groups is 1. The Morgan fingerprint density at radius 3 is 2.74 bits per heavy atom. The van der Waals surface area contributed by atoms with Crippen molar-refractivity contribution in [2.24, 2.45) is 5.41 Å². The molecule has 1 aromatic carbocycles. The van der Waals surface area contributed by atoms with Gasteiger partial charge in [-0.1, -0.05) is 32.4 Å². The Kier molecular flexibility index (Phi) is 3.76. The van der Waals surface area contributed by atoms with Crippen LogP contribution in [0.1, 0.15) is 27.2 Å². The van der Waals surface area contributed by atoms with Crippen LogP contribution in [-0.4, -0.2) is 10.9 Å². The normalized spacial score (nSPS) is 11.6. The van der Waals surface area contributed by atoms with E-state index in [9.17, 15) is 4.79 Å². The Bertz CT molecular complexity index is 617. The number of rotatable bonds is 2. The third kappa shape index (κ3) is 3.44. The highest BCUT2D eigenvalue weighted by Gasteiger charge is 2.17. The van der Waals surface area contributed by atoms with Crippen LogP contribution in [0.4, 0.5) is 5.69 Å². The van der Waals surface area contributed by atoms with Gasteiger partial charge in [0.2, 0.25) is 5.91 Å². The molecule has 3 nitrogen and oxygen atoms in total. The number of aromatic nitrogens is 1. The number of nitrogens with zero attached hydrogens (tertiary/aromatic N) is 1.